The van der Waals surface area contributed by atoms with Crippen LogP contribution in [-0.4, -0.2) is 43.2 Å². The Balaban J connectivity index is 1.40. The van der Waals surface area contributed by atoms with Gasteiger partial charge in [0, 0.05) is 18.9 Å². The van der Waals surface area contributed by atoms with E-state index in [0.29, 0.717) is 19.3 Å². The first-order valence-corrected chi connectivity index (χ1v) is 8.41. The molecule has 1 saturated heterocycles. The van der Waals surface area contributed by atoms with Gasteiger partial charge >= 0.3 is 0 Å². The molecule has 1 aliphatic heterocycles. The third kappa shape index (κ3) is 3.76. The van der Waals surface area contributed by atoms with Gasteiger partial charge in [0.1, 0.15) is 6.10 Å². The highest BCUT2D eigenvalue weighted by atomic mass is 16.7. The first-order chi connectivity index (χ1) is 10.2. The maximum Gasteiger partial charge on any atom is 0.249 e. The normalized spacial score (nSPS) is 28.0. The molecule has 5 heteroatoms. The highest BCUT2D eigenvalue weighted by Crippen LogP contribution is 2.37. The summed E-state index contributed by atoms with van der Waals surface area (Å²) >= 11 is 0. The van der Waals surface area contributed by atoms with Gasteiger partial charge in [-0.1, -0.05) is 12.8 Å². The largest absolute Gasteiger partial charge is 0.365 e. The van der Waals surface area contributed by atoms with Gasteiger partial charge in [-0.25, -0.2) is 0 Å². The third-order valence-corrected chi connectivity index (χ3v) is 4.98. The minimum Gasteiger partial charge on any atom is -0.365 e. The van der Waals surface area contributed by atoms with Crippen LogP contribution >= 0.6 is 0 Å². The van der Waals surface area contributed by atoms with Gasteiger partial charge < -0.3 is 19.5 Å². The predicted octanol–water partition coefficient (Wildman–Crippen LogP) is 2.14. The van der Waals surface area contributed by atoms with Crippen LogP contribution in [0.3, 0.4) is 0 Å². The zero-order valence-electron chi connectivity index (χ0n) is 12.9. The minimum atomic E-state index is -0.366. The Hall–Kier alpha value is -0.650. The second kappa shape index (κ2) is 6.63. The maximum atomic E-state index is 12.1. The minimum absolute atomic E-state index is 0.0375. The molecule has 0 bridgehead atoms. The topological polar surface area (TPSA) is 56.8 Å². The van der Waals surface area contributed by atoms with Crippen LogP contribution in [0.5, 0.6) is 0 Å². The van der Waals surface area contributed by atoms with E-state index in [4.69, 9.17) is 14.2 Å². The van der Waals surface area contributed by atoms with Crippen molar-refractivity contribution >= 4 is 5.91 Å². The molecule has 3 fully saturated rings. The monoisotopic (exact) mass is 297 g/mol. The molecule has 1 amide bonds. The summed E-state index contributed by atoms with van der Waals surface area (Å²) < 4.78 is 17.4. The quantitative estimate of drug-likeness (QED) is 0.863. The van der Waals surface area contributed by atoms with E-state index in [2.05, 4.69) is 5.32 Å². The SMILES string of the molecule is CC(OC1CCC2(CC1)OCCO2)C(=O)NC1CCCC1. The Morgan fingerprint density at radius 2 is 1.76 bits per heavy atom. The van der Waals surface area contributed by atoms with Gasteiger partial charge in [0.15, 0.2) is 5.79 Å². The Labute approximate surface area is 126 Å². The standard InChI is InChI=1S/C16H27NO4/c1-12(15(18)17-13-4-2-3-5-13)21-14-6-8-16(9-7-14)19-10-11-20-16/h12-14H,2-11H2,1H3,(H,17,18). The lowest BCUT2D eigenvalue weighted by molar-refractivity contribution is -0.195. The van der Waals surface area contributed by atoms with Gasteiger partial charge in [-0.15, -0.1) is 0 Å². The first-order valence-electron chi connectivity index (χ1n) is 8.41. The van der Waals surface area contributed by atoms with Crippen LogP contribution in [0.2, 0.25) is 0 Å². The number of amides is 1. The second-order valence-corrected chi connectivity index (χ2v) is 6.58. The van der Waals surface area contributed by atoms with E-state index < -0.39 is 0 Å². The number of nitrogens with one attached hydrogen (secondary N) is 1. The van der Waals surface area contributed by atoms with Crippen molar-refractivity contribution in [1.29, 1.82) is 0 Å². The molecular formula is C16H27NO4. The van der Waals surface area contributed by atoms with Crippen LogP contribution in [0.4, 0.5) is 0 Å². The van der Waals surface area contributed by atoms with Gasteiger partial charge in [0.25, 0.3) is 0 Å². The zero-order valence-corrected chi connectivity index (χ0v) is 12.9. The number of ether oxygens (including phenoxy) is 3. The molecule has 1 spiro atoms. The van der Waals surface area contributed by atoms with Crippen LogP contribution in [-0.2, 0) is 19.0 Å². The van der Waals surface area contributed by atoms with E-state index >= 15 is 0 Å². The van der Waals surface area contributed by atoms with E-state index in [-0.39, 0.29) is 23.9 Å². The van der Waals surface area contributed by atoms with Gasteiger partial charge in [-0.2, -0.15) is 0 Å². The van der Waals surface area contributed by atoms with Gasteiger partial charge in [0.05, 0.1) is 19.3 Å². The average Bonchev–Trinajstić information content (AvgIpc) is 3.14. The molecule has 3 aliphatic rings. The lowest BCUT2D eigenvalue weighted by Crippen LogP contribution is -2.43. The molecule has 1 atom stereocenters. The summed E-state index contributed by atoms with van der Waals surface area (Å²) in [6.07, 6.45) is 8.00. The Morgan fingerprint density at radius 3 is 2.38 bits per heavy atom. The van der Waals surface area contributed by atoms with Crippen molar-refractivity contribution < 1.29 is 19.0 Å². The molecule has 0 aromatic heterocycles. The Morgan fingerprint density at radius 1 is 1.14 bits per heavy atom. The second-order valence-electron chi connectivity index (χ2n) is 6.58. The zero-order chi connectivity index (χ0) is 14.7. The Bertz CT molecular complexity index is 351. The predicted molar refractivity (Wildman–Crippen MR) is 77.8 cm³/mol. The number of hydrogen-bond donors (Lipinski definition) is 1. The van der Waals surface area contributed by atoms with E-state index in [9.17, 15) is 4.79 Å². The molecule has 2 aliphatic carbocycles. The number of hydrogen-bond acceptors (Lipinski definition) is 4. The van der Waals surface area contributed by atoms with E-state index in [1.807, 2.05) is 6.92 Å². The molecule has 5 nitrogen and oxygen atoms in total. The summed E-state index contributed by atoms with van der Waals surface area (Å²) in [5.74, 6) is -0.314. The molecule has 1 heterocycles. The van der Waals surface area contributed by atoms with Crippen molar-refractivity contribution in [2.24, 2.45) is 0 Å². The van der Waals surface area contributed by atoms with Gasteiger partial charge in [-0.3, -0.25) is 4.79 Å². The molecular weight excluding hydrogens is 270 g/mol. The van der Waals surface area contributed by atoms with Gasteiger partial charge in [-0.05, 0) is 32.6 Å². The molecule has 1 N–H and O–H groups in total. The fourth-order valence-electron chi connectivity index (χ4n) is 3.69. The first kappa shape index (κ1) is 15.3. The third-order valence-electron chi connectivity index (χ3n) is 4.98. The van der Waals surface area contributed by atoms with Crippen molar-refractivity contribution in [3.63, 3.8) is 0 Å². The average molecular weight is 297 g/mol. The smallest absolute Gasteiger partial charge is 0.249 e. The Kier molecular flexibility index (Phi) is 4.82. The molecule has 120 valence electrons. The summed E-state index contributed by atoms with van der Waals surface area (Å²) in [4.78, 5) is 12.1. The lowest BCUT2D eigenvalue weighted by atomic mass is 9.91. The molecule has 0 radical (unpaired) electrons. The summed E-state index contributed by atoms with van der Waals surface area (Å²) in [6.45, 7) is 3.26. The fourth-order valence-corrected chi connectivity index (χ4v) is 3.69. The summed E-state index contributed by atoms with van der Waals surface area (Å²) in [5.41, 5.74) is 0. The molecule has 0 aromatic carbocycles. The van der Waals surface area contributed by atoms with Crippen molar-refractivity contribution in [2.75, 3.05) is 13.2 Å². The number of rotatable bonds is 4. The summed E-state index contributed by atoms with van der Waals surface area (Å²) in [5, 5.41) is 3.10. The van der Waals surface area contributed by atoms with Crippen LogP contribution in [0.1, 0.15) is 58.3 Å². The van der Waals surface area contributed by atoms with Crippen LogP contribution in [0, 0.1) is 0 Å². The van der Waals surface area contributed by atoms with E-state index in [0.717, 1.165) is 38.5 Å². The highest BCUT2D eigenvalue weighted by Gasteiger charge is 2.41. The van der Waals surface area contributed by atoms with E-state index in [1.165, 1.54) is 12.8 Å². The molecule has 2 saturated carbocycles. The van der Waals surface area contributed by atoms with E-state index in [1.54, 1.807) is 0 Å². The molecule has 3 rings (SSSR count). The summed E-state index contributed by atoms with van der Waals surface area (Å²) in [7, 11) is 0. The van der Waals surface area contributed by atoms with Crippen LogP contribution < -0.4 is 5.32 Å². The van der Waals surface area contributed by atoms with Crippen molar-refractivity contribution in [2.45, 2.75) is 82.3 Å². The number of carbonyl (C=O) groups excluding carboxylic acids is 1. The van der Waals surface area contributed by atoms with Crippen molar-refractivity contribution in [3.8, 4) is 0 Å². The van der Waals surface area contributed by atoms with Crippen LogP contribution in [0.25, 0.3) is 0 Å². The molecule has 1 unspecified atom stereocenters. The van der Waals surface area contributed by atoms with Crippen molar-refractivity contribution in [1.82, 2.24) is 5.32 Å². The van der Waals surface area contributed by atoms with Crippen molar-refractivity contribution in [3.05, 3.63) is 0 Å². The summed E-state index contributed by atoms with van der Waals surface area (Å²) in [6, 6.07) is 0.360. The van der Waals surface area contributed by atoms with Gasteiger partial charge in [0.2, 0.25) is 5.91 Å². The molecule has 0 aromatic rings. The highest BCUT2D eigenvalue weighted by molar-refractivity contribution is 5.80. The number of carbonyl (C=O) groups is 1. The van der Waals surface area contributed by atoms with Crippen LogP contribution in [0.15, 0.2) is 0 Å². The lowest BCUT2D eigenvalue weighted by Gasteiger charge is -2.36. The maximum absolute atomic E-state index is 12.1. The fraction of sp³-hybridized carbons (Fsp3) is 0.938. The molecule has 21 heavy (non-hydrogen) atoms.